The molecule has 5 heteroatoms. The first-order valence-corrected chi connectivity index (χ1v) is 8.90. The Labute approximate surface area is 154 Å². The largest absolute Gasteiger partial charge is 0.478 e. The van der Waals surface area contributed by atoms with Gasteiger partial charge in [0.15, 0.2) is 0 Å². The average molecular weight is 349 g/mol. The maximum Gasteiger partial charge on any atom is 0.335 e. The molecule has 0 aromatic heterocycles. The summed E-state index contributed by atoms with van der Waals surface area (Å²) in [4.78, 5) is 15.8. The third-order valence-electron chi connectivity index (χ3n) is 4.78. The van der Waals surface area contributed by atoms with E-state index in [0.29, 0.717) is 11.1 Å². The predicted molar refractivity (Wildman–Crippen MR) is 99.7 cm³/mol. The lowest BCUT2D eigenvalue weighted by Crippen LogP contribution is -2.30. The summed E-state index contributed by atoms with van der Waals surface area (Å²) in [5, 5.41) is 17.9. The van der Waals surface area contributed by atoms with E-state index in [1.807, 2.05) is 36.4 Å². The monoisotopic (exact) mass is 349 g/mol. The van der Waals surface area contributed by atoms with Crippen molar-refractivity contribution in [1.29, 1.82) is 5.26 Å². The molecule has 0 aliphatic carbocycles. The van der Waals surface area contributed by atoms with Crippen molar-refractivity contribution < 1.29 is 9.90 Å². The molecule has 1 heterocycles. The molecule has 0 amide bonds. The van der Waals surface area contributed by atoms with Gasteiger partial charge in [-0.05, 0) is 54.9 Å². The average Bonchev–Trinajstić information content (AvgIpc) is 2.88. The Morgan fingerprint density at radius 1 is 0.885 bits per heavy atom. The second kappa shape index (κ2) is 8.61. The predicted octanol–water partition coefficient (Wildman–Crippen LogP) is 2.96. The van der Waals surface area contributed by atoms with E-state index in [2.05, 4.69) is 15.9 Å². The van der Waals surface area contributed by atoms with E-state index < -0.39 is 5.97 Å². The zero-order valence-corrected chi connectivity index (χ0v) is 14.8. The highest BCUT2D eigenvalue weighted by atomic mass is 16.4. The summed E-state index contributed by atoms with van der Waals surface area (Å²) in [6.45, 7) is 5.88. The fraction of sp³-hybridized carbons (Fsp3) is 0.333. The van der Waals surface area contributed by atoms with Gasteiger partial charge in [-0.15, -0.1) is 0 Å². The Kier molecular flexibility index (Phi) is 6.00. The molecule has 0 unspecified atom stereocenters. The van der Waals surface area contributed by atoms with Crippen LogP contribution in [0.25, 0.3) is 0 Å². The maximum absolute atomic E-state index is 10.9. The molecule has 0 saturated carbocycles. The highest BCUT2D eigenvalue weighted by Crippen LogP contribution is 2.13. The van der Waals surface area contributed by atoms with Crippen LogP contribution in [0.3, 0.4) is 0 Å². The van der Waals surface area contributed by atoms with Gasteiger partial charge in [-0.1, -0.05) is 24.3 Å². The minimum absolute atomic E-state index is 0.332. The second-order valence-electron chi connectivity index (χ2n) is 6.72. The van der Waals surface area contributed by atoms with Gasteiger partial charge in [0.2, 0.25) is 0 Å². The molecule has 1 saturated heterocycles. The van der Waals surface area contributed by atoms with E-state index in [1.165, 1.54) is 5.56 Å². The molecule has 1 aliphatic rings. The van der Waals surface area contributed by atoms with Crippen molar-refractivity contribution in [3.05, 3.63) is 70.8 Å². The smallest absolute Gasteiger partial charge is 0.335 e. The highest BCUT2D eigenvalue weighted by Gasteiger charge is 2.15. The summed E-state index contributed by atoms with van der Waals surface area (Å²) in [6, 6.07) is 17.1. The minimum Gasteiger partial charge on any atom is -0.478 e. The Morgan fingerprint density at radius 3 is 1.85 bits per heavy atom. The van der Waals surface area contributed by atoms with Crippen molar-refractivity contribution in [1.82, 2.24) is 9.80 Å². The molecule has 0 bridgehead atoms. The maximum atomic E-state index is 10.9. The van der Waals surface area contributed by atoms with Gasteiger partial charge < -0.3 is 5.11 Å². The van der Waals surface area contributed by atoms with Gasteiger partial charge >= 0.3 is 5.97 Å². The van der Waals surface area contributed by atoms with E-state index in [4.69, 9.17) is 10.4 Å². The number of nitrogens with zero attached hydrogens (tertiary/aromatic N) is 3. The Hall–Kier alpha value is -2.68. The molecule has 0 atom stereocenters. The number of carbonyl (C=O) groups is 1. The van der Waals surface area contributed by atoms with E-state index in [0.717, 1.165) is 51.3 Å². The van der Waals surface area contributed by atoms with Crippen LogP contribution in [0.4, 0.5) is 0 Å². The summed E-state index contributed by atoms with van der Waals surface area (Å²) in [7, 11) is 0. The molecule has 1 fully saturated rings. The van der Waals surface area contributed by atoms with Gasteiger partial charge in [0.25, 0.3) is 0 Å². The Morgan fingerprint density at radius 2 is 1.38 bits per heavy atom. The first-order chi connectivity index (χ1) is 12.6. The lowest BCUT2D eigenvalue weighted by Gasteiger charge is -2.22. The van der Waals surface area contributed by atoms with Gasteiger partial charge in [0.05, 0.1) is 17.2 Å². The van der Waals surface area contributed by atoms with Crippen molar-refractivity contribution in [3.63, 3.8) is 0 Å². The number of nitriles is 1. The van der Waals surface area contributed by atoms with Crippen LogP contribution >= 0.6 is 0 Å². The molecule has 1 aliphatic heterocycles. The standard InChI is InChI=1S/C21H23N3O2/c22-14-17-2-4-18(5-3-17)15-23-10-1-11-24(13-12-23)16-19-6-8-20(9-7-19)21(25)26/h2-9H,1,10-13,15-16H2,(H,25,26). The van der Waals surface area contributed by atoms with Crippen molar-refractivity contribution in [2.24, 2.45) is 0 Å². The number of carboxylic acid groups (broad SMARTS) is 1. The second-order valence-corrected chi connectivity index (χ2v) is 6.72. The van der Waals surface area contributed by atoms with Crippen LogP contribution in [0.5, 0.6) is 0 Å². The fourth-order valence-corrected chi connectivity index (χ4v) is 3.29. The molecule has 5 nitrogen and oxygen atoms in total. The van der Waals surface area contributed by atoms with Crippen LogP contribution in [0.1, 0.15) is 33.5 Å². The van der Waals surface area contributed by atoms with Gasteiger partial charge in [0.1, 0.15) is 0 Å². The van der Waals surface area contributed by atoms with Crippen LogP contribution in [0.2, 0.25) is 0 Å². The van der Waals surface area contributed by atoms with Crippen molar-refractivity contribution >= 4 is 5.97 Å². The molecule has 2 aromatic carbocycles. The number of benzene rings is 2. The summed E-state index contributed by atoms with van der Waals surface area (Å²) in [6.07, 6.45) is 1.11. The molecule has 134 valence electrons. The molecule has 3 rings (SSSR count). The van der Waals surface area contributed by atoms with Crippen LogP contribution in [-0.2, 0) is 13.1 Å². The van der Waals surface area contributed by atoms with Crippen LogP contribution in [-0.4, -0.2) is 47.1 Å². The molecule has 1 N–H and O–H groups in total. The summed E-state index contributed by atoms with van der Waals surface area (Å²) >= 11 is 0. The molecular weight excluding hydrogens is 326 g/mol. The van der Waals surface area contributed by atoms with Crippen LogP contribution in [0.15, 0.2) is 48.5 Å². The zero-order chi connectivity index (χ0) is 18.4. The van der Waals surface area contributed by atoms with Gasteiger partial charge in [-0.3, -0.25) is 9.80 Å². The summed E-state index contributed by atoms with van der Waals surface area (Å²) in [5.74, 6) is -0.884. The van der Waals surface area contributed by atoms with Crippen LogP contribution in [0, 0.1) is 11.3 Å². The molecule has 0 radical (unpaired) electrons. The third kappa shape index (κ3) is 4.92. The Balaban J connectivity index is 1.52. The molecule has 26 heavy (non-hydrogen) atoms. The Bertz CT molecular complexity index is 778. The number of hydrogen-bond acceptors (Lipinski definition) is 4. The van der Waals surface area contributed by atoms with E-state index in [9.17, 15) is 4.79 Å². The van der Waals surface area contributed by atoms with Crippen molar-refractivity contribution in [2.45, 2.75) is 19.5 Å². The van der Waals surface area contributed by atoms with E-state index in [1.54, 1.807) is 12.1 Å². The molecule has 0 spiro atoms. The molecular formula is C21H23N3O2. The topological polar surface area (TPSA) is 67.6 Å². The fourth-order valence-electron chi connectivity index (χ4n) is 3.29. The van der Waals surface area contributed by atoms with Gasteiger partial charge in [-0.2, -0.15) is 5.26 Å². The number of hydrogen-bond donors (Lipinski definition) is 1. The number of carboxylic acids is 1. The third-order valence-corrected chi connectivity index (χ3v) is 4.78. The van der Waals surface area contributed by atoms with Crippen LogP contribution < -0.4 is 0 Å². The summed E-state index contributed by atoms with van der Waals surface area (Å²) < 4.78 is 0. The first kappa shape index (κ1) is 18.1. The van der Waals surface area contributed by atoms with Gasteiger partial charge in [0, 0.05) is 26.2 Å². The minimum atomic E-state index is -0.884. The van der Waals surface area contributed by atoms with E-state index in [-0.39, 0.29) is 0 Å². The van der Waals surface area contributed by atoms with Crippen molar-refractivity contribution in [2.75, 3.05) is 26.2 Å². The normalized spacial score (nSPS) is 16.0. The first-order valence-electron chi connectivity index (χ1n) is 8.90. The summed E-state index contributed by atoms with van der Waals surface area (Å²) in [5.41, 5.74) is 3.42. The quantitative estimate of drug-likeness (QED) is 0.899. The zero-order valence-electron chi connectivity index (χ0n) is 14.8. The lowest BCUT2D eigenvalue weighted by atomic mass is 10.1. The molecule has 2 aromatic rings. The number of rotatable bonds is 5. The van der Waals surface area contributed by atoms with E-state index >= 15 is 0 Å². The lowest BCUT2D eigenvalue weighted by molar-refractivity contribution is 0.0697. The van der Waals surface area contributed by atoms with Crippen molar-refractivity contribution in [3.8, 4) is 6.07 Å². The highest BCUT2D eigenvalue weighted by molar-refractivity contribution is 5.87. The SMILES string of the molecule is N#Cc1ccc(CN2CCCN(Cc3ccc(C(=O)O)cc3)CC2)cc1. The number of aromatic carboxylic acids is 1. The van der Waals surface area contributed by atoms with Gasteiger partial charge in [-0.25, -0.2) is 4.79 Å².